The molecule has 1 N–H and O–H groups in total. The number of hydrogen-bond acceptors (Lipinski definition) is 4. The molecule has 6 heteroatoms. The van der Waals surface area contributed by atoms with Gasteiger partial charge in [0.2, 0.25) is 5.91 Å². The molecule has 3 rings (SSSR count). The summed E-state index contributed by atoms with van der Waals surface area (Å²) in [5.74, 6) is 1.25. The van der Waals surface area contributed by atoms with Crippen LogP contribution in [0.3, 0.4) is 0 Å². The molecule has 0 bridgehead atoms. The summed E-state index contributed by atoms with van der Waals surface area (Å²) in [4.78, 5) is 33.2. The molecule has 1 aliphatic carbocycles. The van der Waals surface area contributed by atoms with E-state index in [1.165, 1.54) is 18.9 Å². The standard InChI is InChI=1S/C16H23N3O3/c1-11-17-13(9-15(20)18-11)14-10-22-7-6-19(14)16(21)8-12-4-2-3-5-12/h9,12,14H,2-8,10H2,1H3,(H,17,18,20)/t14-/m0/s1. The minimum Gasteiger partial charge on any atom is -0.377 e. The molecule has 120 valence electrons. The van der Waals surface area contributed by atoms with Gasteiger partial charge in [0.05, 0.1) is 24.9 Å². The van der Waals surface area contributed by atoms with Crippen LogP contribution in [0.5, 0.6) is 0 Å². The number of amides is 1. The number of rotatable bonds is 3. The third-order valence-electron chi connectivity index (χ3n) is 4.61. The van der Waals surface area contributed by atoms with Crippen LogP contribution in [-0.4, -0.2) is 40.5 Å². The molecule has 1 aromatic rings. The second-order valence-electron chi connectivity index (χ2n) is 6.29. The smallest absolute Gasteiger partial charge is 0.251 e. The molecule has 1 atom stereocenters. The Morgan fingerprint density at radius 2 is 2.23 bits per heavy atom. The maximum atomic E-state index is 12.7. The predicted molar refractivity (Wildman–Crippen MR) is 81.4 cm³/mol. The largest absolute Gasteiger partial charge is 0.377 e. The van der Waals surface area contributed by atoms with Crippen molar-refractivity contribution in [1.82, 2.24) is 14.9 Å². The van der Waals surface area contributed by atoms with Gasteiger partial charge in [-0.1, -0.05) is 12.8 Å². The van der Waals surface area contributed by atoms with Gasteiger partial charge in [-0.25, -0.2) is 4.98 Å². The normalized spacial score (nSPS) is 23.0. The predicted octanol–water partition coefficient (Wildman–Crippen LogP) is 1.56. The summed E-state index contributed by atoms with van der Waals surface area (Å²) in [5, 5.41) is 0. The first-order chi connectivity index (χ1) is 10.6. The Hall–Kier alpha value is -1.69. The zero-order valence-corrected chi connectivity index (χ0v) is 13.0. The highest BCUT2D eigenvalue weighted by atomic mass is 16.5. The first-order valence-corrected chi connectivity index (χ1v) is 8.08. The zero-order valence-electron chi connectivity index (χ0n) is 13.0. The van der Waals surface area contributed by atoms with E-state index < -0.39 is 0 Å². The number of nitrogens with zero attached hydrogens (tertiary/aromatic N) is 2. The van der Waals surface area contributed by atoms with E-state index in [1.54, 1.807) is 6.92 Å². The van der Waals surface area contributed by atoms with Crippen LogP contribution in [0.4, 0.5) is 0 Å². The number of carbonyl (C=O) groups excluding carboxylic acids is 1. The van der Waals surface area contributed by atoms with Crippen LogP contribution in [0.15, 0.2) is 10.9 Å². The minimum atomic E-state index is -0.247. The van der Waals surface area contributed by atoms with Crippen molar-refractivity contribution in [3.63, 3.8) is 0 Å². The van der Waals surface area contributed by atoms with Crippen LogP contribution in [0, 0.1) is 12.8 Å². The van der Waals surface area contributed by atoms with Gasteiger partial charge >= 0.3 is 0 Å². The molecule has 0 unspecified atom stereocenters. The van der Waals surface area contributed by atoms with Crippen molar-refractivity contribution in [3.05, 3.63) is 27.9 Å². The van der Waals surface area contributed by atoms with Crippen molar-refractivity contribution < 1.29 is 9.53 Å². The Morgan fingerprint density at radius 1 is 1.45 bits per heavy atom. The lowest BCUT2D eigenvalue weighted by Gasteiger charge is -2.35. The van der Waals surface area contributed by atoms with E-state index in [4.69, 9.17) is 4.74 Å². The number of aromatic nitrogens is 2. The molecule has 2 heterocycles. The van der Waals surface area contributed by atoms with Crippen LogP contribution in [0.2, 0.25) is 0 Å². The summed E-state index contributed by atoms with van der Waals surface area (Å²) in [7, 11) is 0. The van der Waals surface area contributed by atoms with Crippen molar-refractivity contribution >= 4 is 5.91 Å². The molecule has 1 saturated carbocycles. The fourth-order valence-electron chi connectivity index (χ4n) is 3.50. The first kappa shape index (κ1) is 15.2. The average Bonchev–Trinajstić information content (AvgIpc) is 2.99. The lowest BCUT2D eigenvalue weighted by Crippen LogP contribution is -2.44. The first-order valence-electron chi connectivity index (χ1n) is 8.08. The Bertz CT molecular complexity index is 593. The highest BCUT2D eigenvalue weighted by molar-refractivity contribution is 5.77. The Kier molecular flexibility index (Phi) is 4.57. The van der Waals surface area contributed by atoms with Crippen LogP contribution in [0.1, 0.15) is 49.7 Å². The van der Waals surface area contributed by atoms with Gasteiger partial charge in [0.25, 0.3) is 5.56 Å². The number of carbonyl (C=O) groups is 1. The lowest BCUT2D eigenvalue weighted by molar-refractivity contribution is -0.141. The Balaban J connectivity index is 1.78. The van der Waals surface area contributed by atoms with Crippen LogP contribution >= 0.6 is 0 Å². The summed E-state index contributed by atoms with van der Waals surface area (Å²) in [6, 6.07) is 1.23. The van der Waals surface area contributed by atoms with E-state index in [0.29, 0.717) is 43.6 Å². The van der Waals surface area contributed by atoms with Crippen LogP contribution in [-0.2, 0) is 9.53 Å². The van der Waals surface area contributed by atoms with Gasteiger partial charge in [0.15, 0.2) is 0 Å². The second-order valence-corrected chi connectivity index (χ2v) is 6.29. The summed E-state index contributed by atoms with van der Waals surface area (Å²) in [6.45, 7) is 3.28. The van der Waals surface area contributed by atoms with E-state index in [0.717, 1.165) is 12.8 Å². The fraction of sp³-hybridized carbons (Fsp3) is 0.688. The van der Waals surface area contributed by atoms with Gasteiger partial charge in [-0.3, -0.25) is 9.59 Å². The Labute approximate surface area is 129 Å². The quantitative estimate of drug-likeness (QED) is 0.919. The molecule has 2 aliphatic rings. The van der Waals surface area contributed by atoms with Crippen LogP contribution < -0.4 is 5.56 Å². The molecule has 22 heavy (non-hydrogen) atoms. The van der Waals surface area contributed by atoms with Gasteiger partial charge in [-0.2, -0.15) is 0 Å². The number of H-pyrrole nitrogens is 1. The molecule has 0 aromatic carbocycles. The average molecular weight is 305 g/mol. The maximum Gasteiger partial charge on any atom is 0.251 e. The van der Waals surface area contributed by atoms with Gasteiger partial charge in [0, 0.05) is 19.0 Å². The highest BCUT2D eigenvalue weighted by Crippen LogP contribution is 2.30. The summed E-state index contributed by atoms with van der Waals surface area (Å²) in [5.41, 5.74) is 0.442. The lowest BCUT2D eigenvalue weighted by atomic mass is 10.0. The molecule has 6 nitrogen and oxygen atoms in total. The Morgan fingerprint density at radius 3 is 2.95 bits per heavy atom. The summed E-state index contributed by atoms with van der Waals surface area (Å²) < 4.78 is 5.52. The molecular weight excluding hydrogens is 282 g/mol. The molecule has 1 aliphatic heterocycles. The third kappa shape index (κ3) is 3.38. The van der Waals surface area contributed by atoms with Crippen LogP contribution in [0.25, 0.3) is 0 Å². The number of nitrogens with one attached hydrogen (secondary N) is 1. The molecule has 0 spiro atoms. The fourth-order valence-corrected chi connectivity index (χ4v) is 3.50. The SMILES string of the molecule is Cc1nc([C@@H]2COCCN2C(=O)CC2CCCC2)cc(=O)[nH]1. The highest BCUT2D eigenvalue weighted by Gasteiger charge is 2.31. The van der Waals surface area contributed by atoms with Gasteiger partial charge in [-0.15, -0.1) is 0 Å². The van der Waals surface area contributed by atoms with E-state index >= 15 is 0 Å². The van der Waals surface area contributed by atoms with Crippen molar-refractivity contribution in [2.45, 2.75) is 45.1 Å². The molecule has 1 aromatic heterocycles. The monoisotopic (exact) mass is 305 g/mol. The van der Waals surface area contributed by atoms with Gasteiger partial charge in [0.1, 0.15) is 5.82 Å². The van der Waals surface area contributed by atoms with Crippen molar-refractivity contribution in [2.24, 2.45) is 5.92 Å². The third-order valence-corrected chi connectivity index (χ3v) is 4.61. The number of aryl methyl sites for hydroxylation is 1. The number of morpholine rings is 1. The van der Waals surface area contributed by atoms with Gasteiger partial charge in [-0.05, 0) is 25.7 Å². The maximum absolute atomic E-state index is 12.7. The van der Waals surface area contributed by atoms with Crippen molar-refractivity contribution in [1.29, 1.82) is 0 Å². The molecular formula is C16H23N3O3. The summed E-state index contributed by atoms with van der Waals surface area (Å²) in [6.07, 6.45) is 5.39. The van der Waals surface area contributed by atoms with E-state index in [9.17, 15) is 9.59 Å². The van der Waals surface area contributed by atoms with E-state index in [-0.39, 0.29) is 17.5 Å². The zero-order chi connectivity index (χ0) is 15.5. The van der Waals surface area contributed by atoms with Crippen molar-refractivity contribution in [3.8, 4) is 0 Å². The molecule has 0 radical (unpaired) electrons. The molecule has 1 amide bonds. The van der Waals surface area contributed by atoms with Gasteiger partial charge < -0.3 is 14.6 Å². The van der Waals surface area contributed by atoms with Crippen molar-refractivity contribution in [2.75, 3.05) is 19.8 Å². The van der Waals surface area contributed by atoms with E-state index in [1.807, 2.05) is 4.90 Å². The molecule has 2 fully saturated rings. The topological polar surface area (TPSA) is 75.3 Å². The minimum absolute atomic E-state index is 0.167. The number of hydrogen-bond donors (Lipinski definition) is 1. The summed E-state index contributed by atoms with van der Waals surface area (Å²) >= 11 is 0. The van der Waals surface area contributed by atoms with E-state index in [2.05, 4.69) is 9.97 Å². The second kappa shape index (κ2) is 6.60. The number of aromatic amines is 1. The molecule has 1 saturated heterocycles. The number of ether oxygens (including phenoxy) is 1.